The van der Waals surface area contributed by atoms with E-state index in [-0.39, 0.29) is 0 Å². The average molecular weight is 294 g/mol. The third-order valence-electron chi connectivity index (χ3n) is 3.40. The third kappa shape index (κ3) is 2.70. The van der Waals surface area contributed by atoms with Crippen molar-refractivity contribution in [2.75, 3.05) is 6.61 Å². The Hall–Kier alpha value is -2.69. The Bertz CT molecular complexity index is 760. The summed E-state index contributed by atoms with van der Waals surface area (Å²) >= 11 is 0. The summed E-state index contributed by atoms with van der Waals surface area (Å²) in [5.74, 6) is 2.48. The molecular formula is C17H18N4O. The Morgan fingerprint density at radius 2 is 1.77 bits per heavy atom. The van der Waals surface area contributed by atoms with Gasteiger partial charge < -0.3 is 4.74 Å². The molecule has 0 radical (unpaired) electrons. The number of pyridine rings is 1. The summed E-state index contributed by atoms with van der Waals surface area (Å²) < 4.78 is 7.48. The minimum Gasteiger partial charge on any atom is -0.494 e. The van der Waals surface area contributed by atoms with Gasteiger partial charge in [0, 0.05) is 11.3 Å². The zero-order valence-corrected chi connectivity index (χ0v) is 12.9. The predicted octanol–water partition coefficient (Wildman–Crippen LogP) is 3.34. The number of nitrogens with zero attached hydrogens (tertiary/aromatic N) is 4. The van der Waals surface area contributed by atoms with Crippen LogP contribution in [-0.2, 0) is 0 Å². The largest absolute Gasteiger partial charge is 0.494 e. The number of hydrogen-bond donors (Lipinski definition) is 0. The first kappa shape index (κ1) is 14.3. The molecule has 0 saturated carbocycles. The fourth-order valence-electron chi connectivity index (χ4n) is 2.32. The van der Waals surface area contributed by atoms with E-state index >= 15 is 0 Å². The second-order valence-corrected chi connectivity index (χ2v) is 5.02. The van der Waals surface area contributed by atoms with Gasteiger partial charge in [-0.2, -0.15) is 0 Å². The van der Waals surface area contributed by atoms with Crippen LogP contribution < -0.4 is 4.74 Å². The second-order valence-electron chi connectivity index (χ2n) is 5.02. The maximum absolute atomic E-state index is 5.48. The van der Waals surface area contributed by atoms with Crippen LogP contribution >= 0.6 is 0 Å². The van der Waals surface area contributed by atoms with Crippen LogP contribution in [0.2, 0.25) is 0 Å². The molecule has 0 aliphatic carbocycles. The van der Waals surface area contributed by atoms with Crippen LogP contribution in [0.3, 0.4) is 0 Å². The van der Waals surface area contributed by atoms with Crippen LogP contribution in [0.4, 0.5) is 0 Å². The highest BCUT2D eigenvalue weighted by Gasteiger charge is 2.13. The van der Waals surface area contributed by atoms with Gasteiger partial charge in [-0.15, -0.1) is 10.2 Å². The molecule has 5 heteroatoms. The van der Waals surface area contributed by atoms with Crippen molar-refractivity contribution in [1.82, 2.24) is 19.7 Å². The highest BCUT2D eigenvalue weighted by atomic mass is 16.5. The molecule has 0 atom stereocenters. The molecular weight excluding hydrogens is 276 g/mol. The second kappa shape index (κ2) is 5.97. The van der Waals surface area contributed by atoms with Crippen LogP contribution in [0.25, 0.3) is 17.1 Å². The lowest BCUT2D eigenvalue weighted by Crippen LogP contribution is -2.01. The van der Waals surface area contributed by atoms with Gasteiger partial charge in [-0.25, -0.2) is 0 Å². The van der Waals surface area contributed by atoms with E-state index in [1.165, 1.54) is 0 Å². The van der Waals surface area contributed by atoms with Crippen LogP contribution in [0.5, 0.6) is 5.75 Å². The lowest BCUT2D eigenvalue weighted by Gasteiger charge is -2.09. The van der Waals surface area contributed by atoms with Crippen molar-refractivity contribution in [2.45, 2.75) is 20.8 Å². The van der Waals surface area contributed by atoms with Gasteiger partial charge in [0.05, 0.1) is 18.5 Å². The van der Waals surface area contributed by atoms with E-state index in [0.717, 1.165) is 34.3 Å². The van der Waals surface area contributed by atoms with Crippen molar-refractivity contribution < 1.29 is 4.74 Å². The first-order valence-electron chi connectivity index (χ1n) is 7.27. The maximum Gasteiger partial charge on any atom is 0.168 e. The van der Waals surface area contributed by atoms with Crippen LogP contribution in [0, 0.1) is 13.8 Å². The van der Waals surface area contributed by atoms with Gasteiger partial charge in [0.2, 0.25) is 0 Å². The topological polar surface area (TPSA) is 52.8 Å². The maximum atomic E-state index is 5.48. The molecule has 0 bridgehead atoms. The SMILES string of the molecule is CCOc1ccc(-c2nnc(C)n2-c2ccc(C)nc2)cc1. The fourth-order valence-corrected chi connectivity index (χ4v) is 2.32. The highest BCUT2D eigenvalue weighted by molar-refractivity contribution is 5.59. The number of ether oxygens (including phenoxy) is 1. The summed E-state index contributed by atoms with van der Waals surface area (Å²) in [6.45, 7) is 6.53. The molecule has 22 heavy (non-hydrogen) atoms. The van der Waals surface area contributed by atoms with Crippen molar-refractivity contribution in [3.8, 4) is 22.8 Å². The number of hydrogen-bond acceptors (Lipinski definition) is 4. The monoisotopic (exact) mass is 294 g/mol. The van der Waals surface area contributed by atoms with Gasteiger partial charge in [-0.1, -0.05) is 0 Å². The van der Waals surface area contributed by atoms with E-state index in [1.807, 2.05) is 67.9 Å². The van der Waals surface area contributed by atoms with Gasteiger partial charge in [0.15, 0.2) is 5.82 Å². The zero-order valence-electron chi connectivity index (χ0n) is 12.9. The molecule has 0 spiro atoms. The molecule has 0 fully saturated rings. The van der Waals surface area contributed by atoms with Crippen LogP contribution in [-0.4, -0.2) is 26.4 Å². The lowest BCUT2D eigenvalue weighted by atomic mass is 10.2. The highest BCUT2D eigenvalue weighted by Crippen LogP contribution is 2.24. The number of benzene rings is 1. The Morgan fingerprint density at radius 3 is 2.41 bits per heavy atom. The van der Waals surface area contributed by atoms with Crippen molar-refractivity contribution >= 4 is 0 Å². The first-order chi connectivity index (χ1) is 10.7. The van der Waals surface area contributed by atoms with E-state index in [1.54, 1.807) is 0 Å². The van der Waals surface area contributed by atoms with E-state index < -0.39 is 0 Å². The van der Waals surface area contributed by atoms with Crippen LogP contribution in [0.15, 0.2) is 42.6 Å². The normalized spacial score (nSPS) is 10.7. The van der Waals surface area contributed by atoms with Gasteiger partial charge in [-0.05, 0) is 57.2 Å². The van der Waals surface area contributed by atoms with Crippen molar-refractivity contribution in [3.63, 3.8) is 0 Å². The summed E-state index contributed by atoms with van der Waals surface area (Å²) in [5, 5.41) is 8.51. The summed E-state index contributed by atoms with van der Waals surface area (Å²) in [4.78, 5) is 4.35. The quantitative estimate of drug-likeness (QED) is 0.740. The minimum atomic E-state index is 0.656. The van der Waals surface area contributed by atoms with Crippen molar-refractivity contribution in [2.24, 2.45) is 0 Å². The van der Waals surface area contributed by atoms with Crippen LogP contribution in [0.1, 0.15) is 18.4 Å². The molecule has 0 aliphatic rings. The molecule has 2 aromatic heterocycles. The van der Waals surface area contributed by atoms with Gasteiger partial charge in [0.25, 0.3) is 0 Å². The molecule has 0 saturated heterocycles. The molecule has 3 rings (SSSR count). The molecule has 0 unspecified atom stereocenters. The Morgan fingerprint density at radius 1 is 1.00 bits per heavy atom. The molecule has 5 nitrogen and oxygen atoms in total. The van der Waals surface area contributed by atoms with E-state index in [9.17, 15) is 0 Å². The molecule has 112 valence electrons. The number of aromatic nitrogens is 4. The van der Waals surface area contributed by atoms with E-state index in [4.69, 9.17) is 4.74 Å². The molecule has 2 heterocycles. The zero-order chi connectivity index (χ0) is 15.5. The smallest absolute Gasteiger partial charge is 0.168 e. The molecule has 0 amide bonds. The van der Waals surface area contributed by atoms with Gasteiger partial charge >= 0.3 is 0 Å². The summed E-state index contributed by atoms with van der Waals surface area (Å²) in [6.07, 6.45) is 1.84. The standard InChI is InChI=1S/C17H18N4O/c1-4-22-16-9-6-14(7-10-16)17-20-19-13(3)21(17)15-8-5-12(2)18-11-15/h5-11H,4H2,1-3H3. The third-order valence-corrected chi connectivity index (χ3v) is 3.40. The fraction of sp³-hybridized carbons (Fsp3) is 0.235. The predicted molar refractivity (Wildman–Crippen MR) is 85.2 cm³/mol. The molecule has 0 aliphatic heterocycles. The first-order valence-corrected chi connectivity index (χ1v) is 7.27. The summed E-state index contributed by atoms with van der Waals surface area (Å²) in [5.41, 5.74) is 2.93. The molecule has 3 aromatic rings. The average Bonchev–Trinajstić information content (AvgIpc) is 2.91. The molecule has 1 aromatic carbocycles. The lowest BCUT2D eigenvalue weighted by molar-refractivity contribution is 0.340. The van der Waals surface area contributed by atoms with Crippen molar-refractivity contribution in [3.05, 3.63) is 54.1 Å². The number of rotatable bonds is 4. The Kier molecular flexibility index (Phi) is 3.87. The molecule has 0 N–H and O–H groups in total. The van der Waals surface area contributed by atoms with Gasteiger partial charge in [-0.3, -0.25) is 9.55 Å². The summed E-state index contributed by atoms with van der Waals surface area (Å²) in [6, 6.07) is 11.9. The van der Waals surface area contributed by atoms with Crippen molar-refractivity contribution in [1.29, 1.82) is 0 Å². The van der Waals surface area contributed by atoms with E-state index in [0.29, 0.717) is 6.61 Å². The minimum absolute atomic E-state index is 0.656. The summed E-state index contributed by atoms with van der Waals surface area (Å²) in [7, 11) is 0. The van der Waals surface area contributed by atoms with Gasteiger partial charge in [0.1, 0.15) is 11.6 Å². The number of aryl methyl sites for hydroxylation is 2. The van der Waals surface area contributed by atoms with E-state index in [2.05, 4.69) is 15.2 Å². The Labute approximate surface area is 129 Å². The Balaban J connectivity index is 2.03.